The third kappa shape index (κ3) is 3.82. The van der Waals surface area contributed by atoms with Crippen molar-refractivity contribution in [1.82, 2.24) is 9.97 Å². The van der Waals surface area contributed by atoms with Crippen LogP contribution in [0.5, 0.6) is 0 Å². The lowest BCUT2D eigenvalue weighted by atomic mass is 10.1. The van der Waals surface area contributed by atoms with Gasteiger partial charge in [-0.15, -0.1) is 0 Å². The molecule has 1 heterocycles. The van der Waals surface area contributed by atoms with Gasteiger partial charge in [-0.1, -0.05) is 29.3 Å². The van der Waals surface area contributed by atoms with E-state index in [1.54, 1.807) is 6.07 Å². The summed E-state index contributed by atoms with van der Waals surface area (Å²) in [4.78, 5) is 8.05. The Morgan fingerprint density at radius 1 is 1.04 bits per heavy atom. The number of benzene rings is 2. The Balaban J connectivity index is 1.93. The Kier molecular flexibility index (Phi) is 5.16. The molecule has 0 atom stereocenters. The first-order valence-corrected chi connectivity index (χ1v) is 9.23. The molecule has 1 aromatic heterocycles. The fraction of sp³-hybridized carbons (Fsp3) is 0.118. The second kappa shape index (κ2) is 6.98. The second-order valence-corrected chi connectivity index (χ2v) is 7.76. The highest BCUT2D eigenvalue weighted by Crippen LogP contribution is 2.31. The third-order valence-electron chi connectivity index (χ3n) is 3.48. The number of hydrogen-bond donors (Lipinski definition) is 1. The van der Waals surface area contributed by atoms with E-state index in [0.717, 1.165) is 38.1 Å². The minimum absolute atomic E-state index is 0.602. The summed E-state index contributed by atoms with van der Waals surface area (Å²) in [5.74, 6) is 0.901. The molecule has 1 N–H and O–H groups in total. The topological polar surface area (TPSA) is 28.7 Å². The minimum Gasteiger partial charge on any atom is -0.345 e. The summed E-state index contributed by atoms with van der Waals surface area (Å²) in [7, 11) is 0. The van der Waals surface area contributed by atoms with Crippen LogP contribution in [-0.2, 0) is 6.42 Å². The highest BCUT2D eigenvalue weighted by molar-refractivity contribution is 9.13. The van der Waals surface area contributed by atoms with Crippen LogP contribution >= 0.6 is 55.1 Å². The maximum Gasteiger partial charge on any atom is 0.111 e. The van der Waals surface area contributed by atoms with E-state index in [2.05, 4.69) is 49.0 Å². The molecule has 0 saturated heterocycles. The molecule has 2 aromatic carbocycles. The highest BCUT2D eigenvalue weighted by atomic mass is 79.9. The first-order valence-electron chi connectivity index (χ1n) is 6.89. The molecule has 0 saturated carbocycles. The van der Waals surface area contributed by atoms with E-state index in [0.29, 0.717) is 10.0 Å². The standard InChI is InChI=1S/C17H12Br2Cl2N2/c1-9-17(12-4-3-11(20)8-15(12)21)23-16(22-9)7-10-2-5-13(18)14(19)6-10/h2-6,8H,7H2,1H3,(H,22,23). The normalized spacial score (nSPS) is 11.0. The van der Waals surface area contributed by atoms with Crippen molar-refractivity contribution in [2.75, 3.05) is 0 Å². The molecule has 0 unspecified atom stereocenters. The predicted octanol–water partition coefficient (Wildman–Crippen LogP) is 6.81. The smallest absolute Gasteiger partial charge is 0.111 e. The Bertz CT molecular complexity index is 875. The van der Waals surface area contributed by atoms with Gasteiger partial charge in [0, 0.05) is 31.6 Å². The van der Waals surface area contributed by atoms with Gasteiger partial charge in [0.15, 0.2) is 0 Å². The van der Waals surface area contributed by atoms with Crippen LogP contribution in [0.1, 0.15) is 17.1 Å². The highest BCUT2D eigenvalue weighted by Gasteiger charge is 2.13. The Morgan fingerprint density at radius 3 is 2.52 bits per heavy atom. The van der Waals surface area contributed by atoms with Crippen LogP contribution in [0.15, 0.2) is 45.3 Å². The fourth-order valence-corrected chi connectivity index (χ4v) is 3.56. The lowest BCUT2D eigenvalue weighted by molar-refractivity contribution is 1.02. The van der Waals surface area contributed by atoms with Crippen LogP contribution < -0.4 is 0 Å². The van der Waals surface area contributed by atoms with Gasteiger partial charge in [-0.25, -0.2) is 4.98 Å². The van der Waals surface area contributed by atoms with E-state index in [1.165, 1.54) is 5.56 Å². The van der Waals surface area contributed by atoms with Crippen LogP contribution in [0.25, 0.3) is 11.3 Å². The quantitative estimate of drug-likeness (QED) is 0.444. The van der Waals surface area contributed by atoms with Gasteiger partial charge >= 0.3 is 0 Å². The van der Waals surface area contributed by atoms with Crippen LogP contribution in [0.3, 0.4) is 0 Å². The van der Waals surface area contributed by atoms with Crippen LogP contribution in [0.2, 0.25) is 10.0 Å². The van der Waals surface area contributed by atoms with Crippen molar-refractivity contribution in [3.05, 3.63) is 72.5 Å². The van der Waals surface area contributed by atoms with E-state index in [9.17, 15) is 0 Å². The number of aromatic nitrogens is 2. The molecule has 6 heteroatoms. The molecule has 3 rings (SSSR count). The molecular weight excluding hydrogens is 463 g/mol. The Labute approximate surface area is 161 Å². The molecule has 3 aromatic rings. The zero-order valence-corrected chi connectivity index (χ0v) is 16.8. The van der Waals surface area contributed by atoms with Crippen molar-refractivity contribution in [3.8, 4) is 11.3 Å². The molecule has 0 fully saturated rings. The molecule has 0 spiro atoms. The number of aryl methyl sites for hydroxylation is 1. The fourth-order valence-electron chi connectivity index (χ4n) is 2.39. The molecule has 0 bridgehead atoms. The van der Waals surface area contributed by atoms with Crippen LogP contribution in [-0.4, -0.2) is 9.97 Å². The summed E-state index contributed by atoms with van der Waals surface area (Å²) < 4.78 is 2.06. The summed E-state index contributed by atoms with van der Waals surface area (Å²) in [6.45, 7) is 1.99. The molecule has 23 heavy (non-hydrogen) atoms. The van der Waals surface area contributed by atoms with E-state index >= 15 is 0 Å². The van der Waals surface area contributed by atoms with E-state index in [-0.39, 0.29) is 0 Å². The number of imidazole rings is 1. The number of H-pyrrole nitrogens is 1. The van der Waals surface area contributed by atoms with Gasteiger partial charge in [0.25, 0.3) is 0 Å². The summed E-state index contributed by atoms with van der Waals surface area (Å²) in [6, 6.07) is 11.6. The number of aromatic amines is 1. The third-order valence-corrected chi connectivity index (χ3v) is 5.90. The molecule has 2 nitrogen and oxygen atoms in total. The van der Waals surface area contributed by atoms with Crippen LogP contribution in [0.4, 0.5) is 0 Å². The minimum atomic E-state index is 0.602. The zero-order chi connectivity index (χ0) is 16.6. The summed E-state index contributed by atoms with van der Waals surface area (Å²) >= 11 is 19.3. The monoisotopic (exact) mass is 472 g/mol. The van der Waals surface area contributed by atoms with Crippen molar-refractivity contribution in [1.29, 1.82) is 0 Å². The van der Waals surface area contributed by atoms with Gasteiger partial charge in [-0.2, -0.15) is 0 Å². The SMILES string of the molecule is Cc1[nH]c(Cc2ccc(Br)c(Br)c2)nc1-c1ccc(Cl)cc1Cl. The molecular formula is C17H12Br2Cl2N2. The van der Waals surface area contributed by atoms with Crippen molar-refractivity contribution >= 4 is 55.1 Å². The average Bonchev–Trinajstić information content (AvgIpc) is 2.83. The van der Waals surface area contributed by atoms with E-state index in [4.69, 9.17) is 28.2 Å². The molecule has 118 valence electrons. The lowest BCUT2D eigenvalue weighted by Gasteiger charge is -2.02. The maximum atomic E-state index is 6.29. The predicted molar refractivity (Wildman–Crippen MR) is 103 cm³/mol. The van der Waals surface area contributed by atoms with Gasteiger partial charge in [-0.05, 0) is 74.7 Å². The van der Waals surface area contributed by atoms with Gasteiger partial charge in [0.2, 0.25) is 0 Å². The zero-order valence-electron chi connectivity index (χ0n) is 12.1. The van der Waals surface area contributed by atoms with Gasteiger partial charge in [-0.3, -0.25) is 0 Å². The number of halogens is 4. The van der Waals surface area contributed by atoms with E-state index in [1.807, 2.05) is 25.1 Å². The number of rotatable bonds is 3. The van der Waals surface area contributed by atoms with E-state index < -0.39 is 0 Å². The van der Waals surface area contributed by atoms with Crippen LogP contribution in [0, 0.1) is 6.92 Å². The Hall–Kier alpha value is -0.810. The maximum absolute atomic E-state index is 6.29. The van der Waals surface area contributed by atoms with Gasteiger partial charge in [0.1, 0.15) is 5.82 Å². The summed E-state index contributed by atoms with van der Waals surface area (Å²) in [5.41, 5.74) is 3.90. The second-order valence-electron chi connectivity index (χ2n) is 5.21. The molecule has 0 aliphatic rings. The average molecular weight is 475 g/mol. The first-order chi connectivity index (χ1) is 10.9. The van der Waals surface area contributed by atoms with Crippen molar-refractivity contribution in [2.24, 2.45) is 0 Å². The van der Waals surface area contributed by atoms with Crippen molar-refractivity contribution in [2.45, 2.75) is 13.3 Å². The molecule has 0 aliphatic carbocycles. The molecule has 0 radical (unpaired) electrons. The van der Waals surface area contributed by atoms with Crippen molar-refractivity contribution in [3.63, 3.8) is 0 Å². The summed E-state index contributed by atoms with van der Waals surface area (Å²) in [5, 5.41) is 1.22. The van der Waals surface area contributed by atoms with Gasteiger partial charge in [0.05, 0.1) is 10.7 Å². The first kappa shape index (κ1) is 17.0. The molecule has 0 aliphatic heterocycles. The number of hydrogen-bond acceptors (Lipinski definition) is 1. The lowest BCUT2D eigenvalue weighted by Crippen LogP contribution is -1.91. The number of nitrogens with one attached hydrogen (secondary N) is 1. The number of nitrogens with zero attached hydrogens (tertiary/aromatic N) is 1. The van der Waals surface area contributed by atoms with Gasteiger partial charge < -0.3 is 4.98 Å². The molecule has 0 amide bonds. The largest absolute Gasteiger partial charge is 0.345 e. The van der Waals surface area contributed by atoms with Crippen molar-refractivity contribution < 1.29 is 0 Å². The summed E-state index contributed by atoms with van der Waals surface area (Å²) in [6.07, 6.45) is 0.720. The Morgan fingerprint density at radius 2 is 1.83 bits per heavy atom.